The number of nitrogens with zero attached hydrogens (tertiary/aromatic N) is 1. The van der Waals surface area contributed by atoms with E-state index in [0.29, 0.717) is 11.1 Å². The first kappa shape index (κ1) is 20.3. The van der Waals surface area contributed by atoms with Crippen LogP contribution >= 0.6 is 0 Å². The zero-order valence-electron chi connectivity index (χ0n) is 15.8. The third kappa shape index (κ3) is 4.18. The van der Waals surface area contributed by atoms with Gasteiger partial charge in [0, 0.05) is 18.5 Å². The molecule has 3 rings (SSSR count). The molecule has 6 nitrogen and oxygen atoms in total. The van der Waals surface area contributed by atoms with Crippen LogP contribution < -0.4 is 0 Å². The van der Waals surface area contributed by atoms with Crippen LogP contribution in [0.3, 0.4) is 0 Å². The fourth-order valence-electron chi connectivity index (χ4n) is 3.40. The first-order valence-electron chi connectivity index (χ1n) is 9.12. The molecule has 0 saturated carbocycles. The monoisotopic (exact) mass is 397 g/mol. The number of ketones is 1. The molecule has 1 atom stereocenters. The van der Waals surface area contributed by atoms with Crippen molar-refractivity contribution in [2.75, 3.05) is 6.54 Å². The summed E-state index contributed by atoms with van der Waals surface area (Å²) in [5, 5.41) is 19.7. The van der Waals surface area contributed by atoms with Gasteiger partial charge in [-0.1, -0.05) is 42.0 Å². The number of carboxylic acids is 1. The van der Waals surface area contributed by atoms with E-state index in [9.17, 15) is 23.9 Å². The predicted molar refractivity (Wildman–Crippen MR) is 103 cm³/mol. The lowest BCUT2D eigenvalue weighted by Gasteiger charge is -2.25. The maximum absolute atomic E-state index is 13.9. The Morgan fingerprint density at radius 3 is 2.41 bits per heavy atom. The molecule has 0 spiro atoms. The van der Waals surface area contributed by atoms with E-state index >= 15 is 0 Å². The molecule has 2 N–H and O–H groups in total. The lowest BCUT2D eigenvalue weighted by molar-refractivity contribution is -0.140. The normalized spacial score (nSPS) is 18.3. The Bertz CT molecular complexity index is 997. The summed E-state index contributed by atoms with van der Waals surface area (Å²) in [6.45, 7) is 1.86. The fraction of sp³-hybridized carbons (Fsp3) is 0.227. The summed E-state index contributed by atoms with van der Waals surface area (Å²) in [7, 11) is 0. The lowest BCUT2D eigenvalue weighted by Crippen LogP contribution is -2.31. The van der Waals surface area contributed by atoms with E-state index in [2.05, 4.69) is 0 Å². The highest BCUT2D eigenvalue weighted by atomic mass is 19.1. The van der Waals surface area contributed by atoms with Gasteiger partial charge in [0.25, 0.3) is 11.7 Å². The van der Waals surface area contributed by atoms with Gasteiger partial charge in [0.2, 0.25) is 0 Å². The topological polar surface area (TPSA) is 94.9 Å². The molecule has 1 aliphatic heterocycles. The van der Waals surface area contributed by atoms with Crippen LogP contribution in [0, 0.1) is 12.7 Å². The third-order valence-electron chi connectivity index (χ3n) is 4.82. The number of aliphatic hydroxyl groups is 1. The summed E-state index contributed by atoms with van der Waals surface area (Å²) in [6, 6.07) is 11.2. The van der Waals surface area contributed by atoms with Crippen molar-refractivity contribution < 1.29 is 29.0 Å². The number of carbonyl (C=O) groups is 3. The molecule has 2 aromatic carbocycles. The number of aliphatic hydroxyl groups excluding tert-OH is 1. The molecule has 150 valence electrons. The molecule has 7 heteroatoms. The minimum absolute atomic E-state index is 0.0112. The van der Waals surface area contributed by atoms with Crippen LogP contribution in [0.1, 0.15) is 35.6 Å². The number of carboxylic acid groups (broad SMARTS) is 1. The second-order valence-corrected chi connectivity index (χ2v) is 6.91. The van der Waals surface area contributed by atoms with Crippen molar-refractivity contribution in [3.05, 3.63) is 76.6 Å². The second kappa shape index (κ2) is 8.26. The molecular weight excluding hydrogens is 377 g/mol. The van der Waals surface area contributed by atoms with Gasteiger partial charge in [-0.3, -0.25) is 14.4 Å². The summed E-state index contributed by atoms with van der Waals surface area (Å²) < 4.78 is 13.9. The van der Waals surface area contributed by atoms with Crippen molar-refractivity contribution in [2.45, 2.75) is 25.8 Å². The zero-order chi connectivity index (χ0) is 21.1. The zero-order valence-corrected chi connectivity index (χ0v) is 15.8. The summed E-state index contributed by atoms with van der Waals surface area (Å²) in [5.41, 5.74) is 1.51. The van der Waals surface area contributed by atoms with Gasteiger partial charge in [-0.05, 0) is 31.0 Å². The van der Waals surface area contributed by atoms with Gasteiger partial charge in [-0.25, -0.2) is 4.39 Å². The van der Waals surface area contributed by atoms with Gasteiger partial charge in [-0.2, -0.15) is 0 Å². The van der Waals surface area contributed by atoms with Gasteiger partial charge < -0.3 is 15.1 Å². The fourth-order valence-corrected chi connectivity index (χ4v) is 3.40. The minimum Gasteiger partial charge on any atom is -0.507 e. The van der Waals surface area contributed by atoms with Crippen molar-refractivity contribution in [3.63, 3.8) is 0 Å². The number of amides is 1. The molecule has 1 aliphatic rings. The summed E-state index contributed by atoms with van der Waals surface area (Å²) in [4.78, 5) is 37.4. The number of aliphatic carboxylic acids is 1. The molecule has 1 unspecified atom stereocenters. The van der Waals surface area contributed by atoms with Crippen LogP contribution in [0.25, 0.3) is 5.76 Å². The number of carbonyl (C=O) groups excluding carboxylic acids is 2. The molecule has 0 radical (unpaired) electrons. The van der Waals surface area contributed by atoms with Crippen LogP contribution in [-0.4, -0.2) is 39.3 Å². The summed E-state index contributed by atoms with van der Waals surface area (Å²) in [6.07, 6.45) is -0.0599. The molecule has 29 heavy (non-hydrogen) atoms. The van der Waals surface area contributed by atoms with Crippen LogP contribution in [0.5, 0.6) is 0 Å². The molecule has 2 aromatic rings. The number of hydrogen-bond donors (Lipinski definition) is 2. The maximum atomic E-state index is 13.9. The number of hydrogen-bond acceptors (Lipinski definition) is 4. The van der Waals surface area contributed by atoms with E-state index in [-0.39, 0.29) is 30.7 Å². The molecule has 1 heterocycles. The minimum atomic E-state index is -1.02. The van der Waals surface area contributed by atoms with Gasteiger partial charge in [-0.15, -0.1) is 0 Å². The Balaban J connectivity index is 2.10. The van der Waals surface area contributed by atoms with Crippen molar-refractivity contribution in [1.29, 1.82) is 0 Å². The molecular formula is C22H20FNO5. The highest BCUT2D eigenvalue weighted by Gasteiger charge is 2.45. The Morgan fingerprint density at radius 1 is 1.10 bits per heavy atom. The van der Waals surface area contributed by atoms with Gasteiger partial charge in [0.15, 0.2) is 0 Å². The van der Waals surface area contributed by atoms with E-state index in [0.717, 1.165) is 5.56 Å². The first-order valence-corrected chi connectivity index (χ1v) is 9.12. The van der Waals surface area contributed by atoms with Gasteiger partial charge >= 0.3 is 5.97 Å². The van der Waals surface area contributed by atoms with Crippen molar-refractivity contribution in [2.24, 2.45) is 0 Å². The first-order chi connectivity index (χ1) is 13.8. The quantitative estimate of drug-likeness (QED) is 0.442. The predicted octanol–water partition coefficient (Wildman–Crippen LogP) is 3.42. The number of rotatable bonds is 6. The molecule has 1 amide bonds. The van der Waals surface area contributed by atoms with Crippen molar-refractivity contribution >= 4 is 23.4 Å². The van der Waals surface area contributed by atoms with Crippen LogP contribution in [0.15, 0.2) is 54.1 Å². The highest BCUT2D eigenvalue weighted by molar-refractivity contribution is 6.46. The van der Waals surface area contributed by atoms with Gasteiger partial charge in [0.05, 0.1) is 11.6 Å². The van der Waals surface area contributed by atoms with Gasteiger partial charge in [0.1, 0.15) is 11.6 Å². The molecule has 1 saturated heterocycles. The average molecular weight is 397 g/mol. The van der Waals surface area contributed by atoms with E-state index in [1.54, 1.807) is 30.3 Å². The van der Waals surface area contributed by atoms with E-state index < -0.39 is 29.5 Å². The standard InChI is InChI=1S/C22H20FNO5/c1-13-7-9-14(10-8-13)20(27)18-19(15-4-2-5-16(23)12-15)24(22(29)21(18)28)11-3-6-17(25)26/h2,4-5,7-10,12,19,27H,3,6,11H2,1H3,(H,25,26)/b20-18-. The third-order valence-corrected chi connectivity index (χ3v) is 4.82. The number of aryl methyl sites for hydroxylation is 1. The van der Waals surface area contributed by atoms with Crippen LogP contribution in [0.2, 0.25) is 0 Å². The summed E-state index contributed by atoms with van der Waals surface area (Å²) in [5.74, 6) is -3.65. The maximum Gasteiger partial charge on any atom is 0.303 e. The van der Waals surface area contributed by atoms with E-state index in [1.165, 1.54) is 23.1 Å². The Labute approximate surface area is 166 Å². The number of benzene rings is 2. The van der Waals surface area contributed by atoms with Crippen LogP contribution in [0.4, 0.5) is 4.39 Å². The highest BCUT2D eigenvalue weighted by Crippen LogP contribution is 2.39. The Morgan fingerprint density at radius 2 is 1.79 bits per heavy atom. The molecule has 0 bridgehead atoms. The van der Waals surface area contributed by atoms with E-state index in [4.69, 9.17) is 5.11 Å². The van der Waals surface area contributed by atoms with Crippen molar-refractivity contribution in [3.8, 4) is 0 Å². The van der Waals surface area contributed by atoms with E-state index in [1.807, 2.05) is 6.92 Å². The smallest absolute Gasteiger partial charge is 0.303 e. The largest absolute Gasteiger partial charge is 0.507 e. The second-order valence-electron chi connectivity index (χ2n) is 6.91. The molecule has 0 aromatic heterocycles. The molecule has 0 aliphatic carbocycles. The van der Waals surface area contributed by atoms with Crippen LogP contribution in [-0.2, 0) is 14.4 Å². The SMILES string of the molecule is Cc1ccc(/C(O)=C2/C(=O)C(=O)N(CCCC(=O)O)C2c2cccc(F)c2)cc1. The lowest BCUT2D eigenvalue weighted by atomic mass is 9.95. The molecule has 1 fully saturated rings. The number of likely N-dealkylation sites (tertiary alicyclic amines) is 1. The Kier molecular flexibility index (Phi) is 5.77. The van der Waals surface area contributed by atoms with Crippen molar-refractivity contribution in [1.82, 2.24) is 4.90 Å². The number of halogens is 1. The Hall–Kier alpha value is -3.48. The summed E-state index contributed by atoms with van der Waals surface area (Å²) >= 11 is 0. The average Bonchev–Trinajstić information content (AvgIpc) is 2.93. The number of Topliss-reactive ketones (excluding diaryl/α,β-unsaturated/α-hetero) is 1.